The van der Waals surface area contributed by atoms with Gasteiger partial charge in [0.2, 0.25) is 0 Å². The highest BCUT2D eigenvalue weighted by Crippen LogP contribution is 2.20. The highest BCUT2D eigenvalue weighted by atomic mass is 15.2. The van der Waals surface area contributed by atoms with Crippen LogP contribution in [0, 0.1) is 11.3 Å². The maximum Gasteiger partial charge on any atom is 0.155 e. The molecule has 0 saturated heterocycles. The Balaban J connectivity index is 2.22. The van der Waals surface area contributed by atoms with Crippen molar-refractivity contribution in [1.29, 1.82) is 5.26 Å². The monoisotopic (exact) mass is 254 g/mol. The van der Waals surface area contributed by atoms with Crippen LogP contribution < -0.4 is 10.6 Å². The number of nitrogen functional groups attached to an aromatic ring is 1. The molecule has 0 radical (unpaired) electrons. The van der Waals surface area contributed by atoms with Crippen molar-refractivity contribution in [3.63, 3.8) is 0 Å². The highest BCUT2D eigenvalue weighted by molar-refractivity contribution is 5.61. The van der Waals surface area contributed by atoms with Crippen LogP contribution in [0.2, 0.25) is 0 Å². The van der Waals surface area contributed by atoms with E-state index in [0.29, 0.717) is 31.0 Å². The first-order valence-corrected chi connectivity index (χ1v) is 5.87. The molecule has 0 fully saturated rings. The van der Waals surface area contributed by atoms with Crippen LogP contribution in [0.1, 0.15) is 12.0 Å². The van der Waals surface area contributed by atoms with E-state index in [1.807, 2.05) is 17.0 Å². The van der Waals surface area contributed by atoms with E-state index in [9.17, 15) is 0 Å². The van der Waals surface area contributed by atoms with Gasteiger partial charge < -0.3 is 10.6 Å². The van der Waals surface area contributed by atoms with Gasteiger partial charge in [0.25, 0.3) is 0 Å². The van der Waals surface area contributed by atoms with Gasteiger partial charge in [-0.2, -0.15) is 5.26 Å². The Hall–Kier alpha value is -2.68. The van der Waals surface area contributed by atoms with E-state index < -0.39 is 0 Å². The molecule has 6 heteroatoms. The summed E-state index contributed by atoms with van der Waals surface area (Å²) in [5, 5.41) is 8.74. The van der Waals surface area contributed by atoms with Crippen molar-refractivity contribution in [3.8, 4) is 6.07 Å². The topological polar surface area (TPSA) is 91.7 Å². The summed E-state index contributed by atoms with van der Waals surface area (Å²) >= 11 is 0. The predicted molar refractivity (Wildman–Crippen MR) is 72.0 cm³/mol. The Bertz CT molecular complexity index is 563. The summed E-state index contributed by atoms with van der Waals surface area (Å²) in [5.74, 6) is 0.647. The van der Waals surface area contributed by atoms with Crippen LogP contribution in [0.25, 0.3) is 0 Å². The van der Waals surface area contributed by atoms with Crippen LogP contribution in [0.5, 0.6) is 0 Å². The second-order valence-electron chi connectivity index (χ2n) is 3.99. The fourth-order valence-corrected chi connectivity index (χ4v) is 1.75. The van der Waals surface area contributed by atoms with Crippen LogP contribution in [0.15, 0.2) is 37.1 Å². The van der Waals surface area contributed by atoms with Crippen LogP contribution in [0.4, 0.5) is 11.5 Å². The third-order valence-corrected chi connectivity index (χ3v) is 2.61. The first-order chi connectivity index (χ1) is 9.31. The van der Waals surface area contributed by atoms with Crippen LogP contribution >= 0.6 is 0 Å². The first-order valence-electron chi connectivity index (χ1n) is 5.87. The molecule has 0 atom stereocenters. The lowest BCUT2D eigenvalue weighted by Gasteiger charge is -2.23. The van der Waals surface area contributed by atoms with Gasteiger partial charge in [-0.05, 0) is 11.6 Å². The van der Waals surface area contributed by atoms with E-state index in [1.165, 1.54) is 6.33 Å². The zero-order valence-corrected chi connectivity index (χ0v) is 10.4. The predicted octanol–water partition coefficient (Wildman–Crippen LogP) is 1.37. The van der Waals surface area contributed by atoms with Crippen molar-refractivity contribution >= 4 is 11.5 Å². The van der Waals surface area contributed by atoms with Crippen molar-refractivity contribution in [3.05, 3.63) is 42.6 Å². The molecule has 0 aromatic carbocycles. The van der Waals surface area contributed by atoms with Gasteiger partial charge in [-0.1, -0.05) is 6.07 Å². The SMILES string of the molecule is N#CCCN(Cc1cccnc1)c1ncncc1N. The van der Waals surface area contributed by atoms with Gasteiger partial charge in [0.1, 0.15) is 6.33 Å². The first kappa shape index (κ1) is 12.8. The number of rotatable bonds is 5. The number of aromatic nitrogens is 3. The number of nitrogens with two attached hydrogens (primary N) is 1. The van der Waals surface area contributed by atoms with Gasteiger partial charge >= 0.3 is 0 Å². The Kier molecular flexibility index (Phi) is 4.24. The quantitative estimate of drug-likeness (QED) is 0.866. The molecule has 2 N–H and O–H groups in total. The minimum Gasteiger partial charge on any atom is -0.394 e. The largest absolute Gasteiger partial charge is 0.394 e. The van der Waals surface area contributed by atoms with Crippen molar-refractivity contribution in [2.24, 2.45) is 0 Å². The van der Waals surface area contributed by atoms with Gasteiger partial charge in [0, 0.05) is 25.5 Å². The van der Waals surface area contributed by atoms with E-state index in [4.69, 9.17) is 11.0 Å². The number of hydrogen-bond acceptors (Lipinski definition) is 6. The van der Waals surface area contributed by atoms with Gasteiger partial charge in [0.15, 0.2) is 5.82 Å². The number of nitriles is 1. The zero-order chi connectivity index (χ0) is 13.5. The fourth-order valence-electron chi connectivity index (χ4n) is 1.75. The molecule has 2 heterocycles. The van der Waals surface area contributed by atoms with Gasteiger partial charge in [-0.3, -0.25) is 4.98 Å². The number of hydrogen-bond donors (Lipinski definition) is 1. The number of nitrogens with zero attached hydrogens (tertiary/aromatic N) is 5. The number of anilines is 2. The van der Waals surface area contributed by atoms with E-state index in [1.54, 1.807) is 18.6 Å². The Morgan fingerprint density at radius 3 is 2.89 bits per heavy atom. The maximum absolute atomic E-state index is 8.74. The van der Waals surface area contributed by atoms with E-state index >= 15 is 0 Å². The molecule has 2 aromatic heterocycles. The summed E-state index contributed by atoms with van der Waals surface area (Å²) in [7, 11) is 0. The number of pyridine rings is 1. The third-order valence-electron chi connectivity index (χ3n) is 2.61. The molecule has 0 saturated carbocycles. The standard InChI is InChI=1S/C13H14N6/c14-4-2-6-19(9-11-3-1-5-16-7-11)13-12(15)8-17-10-18-13/h1,3,5,7-8,10H,2,6,9,15H2. The molecule has 0 aliphatic rings. The molecule has 2 aromatic rings. The van der Waals surface area contributed by atoms with Gasteiger partial charge in [-0.25, -0.2) is 9.97 Å². The van der Waals surface area contributed by atoms with E-state index in [-0.39, 0.29) is 0 Å². The molecule has 2 rings (SSSR count). The molecule has 0 amide bonds. The van der Waals surface area contributed by atoms with Crippen LogP contribution in [0.3, 0.4) is 0 Å². The Labute approximate surface area is 111 Å². The fraction of sp³-hybridized carbons (Fsp3) is 0.231. The molecule has 19 heavy (non-hydrogen) atoms. The Morgan fingerprint density at radius 1 is 1.32 bits per heavy atom. The second kappa shape index (κ2) is 6.31. The zero-order valence-electron chi connectivity index (χ0n) is 10.4. The lowest BCUT2D eigenvalue weighted by atomic mass is 10.2. The van der Waals surface area contributed by atoms with Crippen molar-refractivity contribution in [2.75, 3.05) is 17.2 Å². The van der Waals surface area contributed by atoms with E-state index in [0.717, 1.165) is 5.56 Å². The Morgan fingerprint density at radius 2 is 2.21 bits per heavy atom. The van der Waals surface area contributed by atoms with Gasteiger partial charge in [-0.15, -0.1) is 0 Å². The van der Waals surface area contributed by atoms with Crippen molar-refractivity contribution in [1.82, 2.24) is 15.0 Å². The lowest BCUT2D eigenvalue weighted by molar-refractivity contribution is 0.779. The molecular formula is C13H14N6. The maximum atomic E-state index is 8.74. The molecule has 0 spiro atoms. The molecule has 0 bridgehead atoms. The summed E-state index contributed by atoms with van der Waals surface area (Å²) in [6, 6.07) is 5.98. The summed E-state index contributed by atoms with van der Waals surface area (Å²) in [5.41, 5.74) is 7.43. The average molecular weight is 254 g/mol. The minimum absolute atomic E-state index is 0.406. The second-order valence-corrected chi connectivity index (χ2v) is 3.99. The lowest BCUT2D eigenvalue weighted by Crippen LogP contribution is -2.25. The smallest absolute Gasteiger partial charge is 0.155 e. The summed E-state index contributed by atoms with van der Waals surface area (Å²) in [6.07, 6.45) is 6.93. The summed E-state index contributed by atoms with van der Waals surface area (Å²) < 4.78 is 0. The molecule has 96 valence electrons. The molecule has 0 unspecified atom stereocenters. The normalized spacial score (nSPS) is 9.84. The van der Waals surface area contributed by atoms with Crippen molar-refractivity contribution in [2.45, 2.75) is 13.0 Å². The van der Waals surface area contributed by atoms with Crippen LogP contribution in [-0.4, -0.2) is 21.5 Å². The summed E-state index contributed by atoms with van der Waals surface area (Å²) in [4.78, 5) is 14.1. The van der Waals surface area contributed by atoms with Crippen LogP contribution in [-0.2, 0) is 6.54 Å². The van der Waals surface area contributed by atoms with E-state index in [2.05, 4.69) is 21.0 Å². The summed E-state index contributed by atoms with van der Waals surface area (Å²) in [6.45, 7) is 1.17. The highest BCUT2D eigenvalue weighted by Gasteiger charge is 2.11. The molecule has 0 aliphatic heterocycles. The molecular weight excluding hydrogens is 240 g/mol. The molecule has 0 aliphatic carbocycles. The van der Waals surface area contributed by atoms with Gasteiger partial charge in [0.05, 0.1) is 24.4 Å². The third kappa shape index (κ3) is 3.39. The average Bonchev–Trinajstić information content (AvgIpc) is 2.45. The molecule has 6 nitrogen and oxygen atoms in total. The minimum atomic E-state index is 0.406. The van der Waals surface area contributed by atoms with Crippen molar-refractivity contribution < 1.29 is 0 Å².